The molecular weight excluding hydrogens is 321 g/mol. The topological polar surface area (TPSA) is 55.4 Å². The lowest BCUT2D eigenvalue weighted by atomic mass is 10.1. The Kier molecular flexibility index (Phi) is 5.71. The average Bonchev–Trinajstić information content (AvgIpc) is 2.52. The van der Waals surface area contributed by atoms with Crippen LogP contribution < -0.4 is 5.32 Å². The Morgan fingerprint density at radius 2 is 1.96 bits per heavy atom. The maximum atomic E-state index is 12.9. The fraction of sp³-hybridized carbons (Fsp3) is 0.176. The van der Waals surface area contributed by atoms with E-state index in [2.05, 4.69) is 5.32 Å². The number of halogens is 2. The average molecular weight is 336 g/mol. The predicted octanol–water partition coefficient (Wildman–Crippen LogP) is 3.26. The summed E-state index contributed by atoms with van der Waals surface area (Å²) >= 11 is 5.86. The van der Waals surface area contributed by atoms with Crippen LogP contribution in [0.15, 0.2) is 42.5 Å². The molecule has 6 heteroatoms. The molecule has 0 fully saturated rings. The molecule has 0 radical (unpaired) electrons. The van der Waals surface area contributed by atoms with E-state index in [1.54, 1.807) is 25.1 Å². The third-order valence-electron chi connectivity index (χ3n) is 3.19. The molecule has 0 aliphatic rings. The highest BCUT2D eigenvalue weighted by Crippen LogP contribution is 2.16. The molecule has 120 valence electrons. The molecule has 0 atom stereocenters. The normalized spacial score (nSPS) is 10.2. The molecule has 0 saturated heterocycles. The highest BCUT2D eigenvalue weighted by Gasteiger charge is 2.12. The molecule has 0 bridgehead atoms. The van der Waals surface area contributed by atoms with Crippen molar-refractivity contribution in [2.75, 3.05) is 6.61 Å². The van der Waals surface area contributed by atoms with E-state index < -0.39 is 24.3 Å². The molecule has 0 saturated carbocycles. The number of carbonyl (C=O) groups is 2. The number of hydrogen-bond acceptors (Lipinski definition) is 3. The zero-order valence-corrected chi connectivity index (χ0v) is 13.2. The summed E-state index contributed by atoms with van der Waals surface area (Å²) in [7, 11) is 0. The Bertz CT molecular complexity index is 734. The number of hydrogen-bond donors (Lipinski definition) is 1. The highest BCUT2D eigenvalue weighted by atomic mass is 35.5. The van der Waals surface area contributed by atoms with Crippen LogP contribution in [-0.4, -0.2) is 18.5 Å². The first-order valence-corrected chi connectivity index (χ1v) is 7.28. The van der Waals surface area contributed by atoms with Crippen LogP contribution in [0.4, 0.5) is 4.39 Å². The van der Waals surface area contributed by atoms with Gasteiger partial charge in [-0.3, -0.25) is 4.79 Å². The third kappa shape index (κ3) is 4.79. The van der Waals surface area contributed by atoms with Crippen molar-refractivity contribution in [2.45, 2.75) is 13.5 Å². The summed E-state index contributed by atoms with van der Waals surface area (Å²) in [5.41, 5.74) is 1.77. The second-order valence-corrected chi connectivity index (χ2v) is 5.31. The van der Waals surface area contributed by atoms with E-state index in [1.165, 1.54) is 18.2 Å². The number of carbonyl (C=O) groups excluding carboxylic acids is 2. The number of esters is 1. The second-order valence-electron chi connectivity index (χ2n) is 4.90. The molecule has 23 heavy (non-hydrogen) atoms. The Morgan fingerprint density at radius 1 is 1.22 bits per heavy atom. The van der Waals surface area contributed by atoms with Gasteiger partial charge < -0.3 is 10.1 Å². The van der Waals surface area contributed by atoms with Gasteiger partial charge in [-0.1, -0.05) is 35.9 Å². The highest BCUT2D eigenvalue weighted by molar-refractivity contribution is 6.31. The van der Waals surface area contributed by atoms with Crippen molar-refractivity contribution in [3.8, 4) is 0 Å². The largest absolute Gasteiger partial charge is 0.452 e. The van der Waals surface area contributed by atoms with Gasteiger partial charge in [0.25, 0.3) is 5.91 Å². The van der Waals surface area contributed by atoms with Crippen molar-refractivity contribution in [2.24, 2.45) is 0 Å². The van der Waals surface area contributed by atoms with E-state index >= 15 is 0 Å². The number of benzene rings is 2. The monoisotopic (exact) mass is 335 g/mol. The summed E-state index contributed by atoms with van der Waals surface area (Å²) in [6, 6.07) is 10.9. The Hall–Kier alpha value is -2.40. The maximum Gasteiger partial charge on any atom is 0.338 e. The number of amides is 1. The van der Waals surface area contributed by atoms with E-state index in [0.717, 1.165) is 5.56 Å². The van der Waals surface area contributed by atoms with Crippen molar-refractivity contribution >= 4 is 23.5 Å². The van der Waals surface area contributed by atoms with E-state index in [4.69, 9.17) is 16.3 Å². The van der Waals surface area contributed by atoms with Gasteiger partial charge in [-0.25, -0.2) is 9.18 Å². The molecule has 0 aliphatic carbocycles. The summed E-state index contributed by atoms with van der Waals surface area (Å²) in [5.74, 6) is -1.47. The molecule has 2 aromatic rings. The van der Waals surface area contributed by atoms with Crippen molar-refractivity contribution in [1.29, 1.82) is 0 Å². The standard InChI is InChI=1S/C17H15ClFNO3/c1-11-4-2-3-5-14(11)17(22)23-10-16(21)20-9-12-6-7-13(19)8-15(12)18/h2-8H,9-10H2,1H3,(H,20,21). The first-order chi connectivity index (χ1) is 11.0. The first kappa shape index (κ1) is 17.0. The molecule has 0 aliphatic heterocycles. The van der Waals surface area contributed by atoms with Crippen LogP contribution in [0.2, 0.25) is 5.02 Å². The summed E-state index contributed by atoms with van der Waals surface area (Å²) < 4.78 is 17.9. The number of aryl methyl sites for hydroxylation is 1. The zero-order valence-electron chi connectivity index (χ0n) is 12.4. The van der Waals surface area contributed by atoms with Crippen LogP contribution in [0.5, 0.6) is 0 Å². The number of rotatable bonds is 5. The third-order valence-corrected chi connectivity index (χ3v) is 3.54. The summed E-state index contributed by atoms with van der Waals surface area (Å²) in [6.07, 6.45) is 0. The smallest absolute Gasteiger partial charge is 0.338 e. The molecule has 1 N–H and O–H groups in total. The van der Waals surface area contributed by atoms with Gasteiger partial charge in [0, 0.05) is 11.6 Å². The van der Waals surface area contributed by atoms with Gasteiger partial charge in [-0.2, -0.15) is 0 Å². The van der Waals surface area contributed by atoms with Gasteiger partial charge in [0.05, 0.1) is 5.56 Å². The Balaban J connectivity index is 1.83. The van der Waals surface area contributed by atoms with Crippen molar-refractivity contribution in [3.05, 3.63) is 70.0 Å². The van der Waals surface area contributed by atoms with Gasteiger partial charge in [0.1, 0.15) is 5.82 Å². The molecule has 1 amide bonds. The fourth-order valence-electron chi connectivity index (χ4n) is 1.92. The maximum absolute atomic E-state index is 12.9. The van der Waals surface area contributed by atoms with Gasteiger partial charge in [-0.15, -0.1) is 0 Å². The molecule has 2 rings (SSSR count). The van der Waals surface area contributed by atoms with Gasteiger partial charge >= 0.3 is 5.97 Å². The Labute approximate surface area is 138 Å². The molecule has 2 aromatic carbocycles. The van der Waals surface area contributed by atoms with Crippen molar-refractivity contribution < 1.29 is 18.7 Å². The van der Waals surface area contributed by atoms with Crippen LogP contribution in [-0.2, 0) is 16.1 Å². The minimum absolute atomic E-state index is 0.125. The van der Waals surface area contributed by atoms with Crippen molar-refractivity contribution in [3.63, 3.8) is 0 Å². The summed E-state index contributed by atoms with van der Waals surface area (Å²) in [6.45, 7) is 1.51. The van der Waals surface area contributed by atoms with Gasteiger partial charge in [-0.05, 0) is 36.2 Å². The molecule has 4 nitrogen and oxygen atoms in total. The van der Waals surface area contributed by atoms with E-state index in [1.807, 2.05) is 6.07 Å². The summed E-state index contributed by atoms with van der Waals surface area (Å²) in [4.78, 5) is 23.6. The lowest BCUT2D eigenvalue weighted by Crippen LogP contribution is -2.28. The SMILES string of the molecule is Cc1ccccc1C(=O)OCC(=O)NCc1ccc(F)cc1Cl. The van der Waals surface area contributed by atoms with Gasteiger partial charge in [0.15, 0.2) is 6.61 Å². The van der Waals surface area contributed by atoms with Crippen LogP contribution in [0, 0.1) is 12.7 Å². The van der Waals surface area contributed by atoms with E-state index in [9.17, 15) is 14.0 Å². The zero-order chi connectivity index (χ0) is 16.8. The first-order valence-electron chi connectivity index (χ1n) is 6.91. The van der Waals surface area contributed by atoms with E-state index in [0.29, 0.717) is 11.1 Å². The minimum Gasteiger partial charge on any atom is -0.452 e. The van der Waals surface area contributed by atoms with E-state index in [-0.39, 0.29) is 11.6 Å². The fourth-order valence-corrected chi connectivity index (χ4v) is 2.15. The molecule has 0 aromatic heterocycles. The Morgan fingerprint density at radius 3 is 2.65 bits per heavy atom. The predicted molar refractivity (Wildman–Crippen MR) is 84.7 cm³/mol. The molecule has 0 heterocycles. The van der Waals surface area contributed by atoms with Gasteiger partial charge in [0.2, 0.25) is 0 Å². The van der Waals surface area contributed by atoms with Crippen LogP contribution in [0.3, 0.4) is 0 Å². The van der Waals surface area contributed by atoms with Crippen molar-refractivity contribution in [1.82, 2.24) is 5.32 Å². The second kappa shape index (κ2) is 7.74. The molecular formula is C17H15ClFNO3. The lowest BCUT2D eigenvalue weighted by Gasteiger charge is -2.09. The van der Waals surface area contributed by atoms with Crippen LogP contribution >= 0.6 is 11.6 Å². The minimum atomic E-state index is -0.557. The van der Waals surface area contributed by atoms with Crippen LogP contribution in [0.25, 0.3) is 0 Å². The summed E-state index contributed by atoms with van der Waals surface area (Å²) in [5, 5.41) is 2.78. The molecule has 0 spiro atoms. The lowest BCUT2D eigenvalue weighted by molar-refractivity contribution is -0.124. The number of nitrogens with one attached hydrogen (secondary N) is 1. The molecule has 0 unspecified atom stereocenters. The van der Waals surface area contributed by atoms with Crippen LogP contribution in [0.1, 0.15) is 21.5 Å². The quantitative estimate of drug-likeness (QED) is 0.853. The number of ether oxygens (including phenoxy) is 1.